The number of nitrogens with one attached hydrogen (secondary N) is 1. The number of amides is 3. The summed E-state index contributed by atoms with van der Waals surface area (Å²) in [5, 5.41) is 2.88. The maximum absolute atomic E-state index is 12.9. The molecule has 0 radical (unpaired) electrons. The number of likely N-dealkylation sites (N-methyl/N-ethyl adjacent to an activating group) is 1. The third-order valence-electron chi connectivity index (χ3n) is 5.37. The second-order valence-corrected chi connectivity index (χ2v) is 8.23. The molecule has 158 valence electrons. The Morgan fingerprint density at radius 2 is 1.83 bits per heavy atom. The van der Waals surface area contributed by atoms with Crippen LogP contribution in [0.15, 0.2) is 53.4 Å². The predicted octanol–water partition coefficient (Wildman–Crippen LogP) is 3.34. The molecule has 0 saturated heterocycles. The number of carbonyl (C=O) groups excluding carboxylic acids is 3. The third-order valence-corrected chi connectivity index (χ3v) is 6.17. The van der Waals surface area contributed by atoms with E-state index in [1.807, 2.05) is 54.8 Å². The van der Waals surface area contributed by atoms with Crippen LogP contribution in [-0.2, 0) is 20.8 Å². The molecule has 1 unspecified atom stereocenters. The molecule has 6 nitrogen and oxygen atoms in total. The molecule has 1 aliphatic heterocycles. The van der Waals surface area contributed by atoms with Crippen LogP contribution in [0.1, 0.15) is 30.5 Å². The van der Waals surface area contributed by atoms with Crippen LogP contribution in [0.4, 0.5) is 5.69 Å². The Morgan fingerprint density at radius 1 is 1.13 bits per heavy atom. The van der Waals surface area contributed by atoms with Crippen molar-refractivity contribution >= 4 is 35.2 Å². The van der Waals surface area contributed by atoms with Crippen molar-refractivity contribution in [1.82, 2.24) is 9.80 Å². The van der Waals surface area contributed by atoms with Gasteiger partial charge in [0.15, 0.2) is 0 Å². The molecule has 0 bridgehead atoms. The molecule has 1 atom stereocenters. The Bertz CT molecular complexity index is 947. The fourth-order valence-corrected chi connectivity index (χ4v) is 4.36. The van der Waals surface area contributed by atoms with Crippen LogP contribution in [0.5, 0.6) is 0 Å². The first-order valence-corrected chi connectivity index (χ1v) is 11.1. The molecule has 0 aromatic heterocycles. The van der Waals surface area contributed by atoms with Crippen LogP contribution >= 0.6 is 11.8 Å². The number of hydrogen-bond acceptors (Lipinski definition) is 4. The van der Waals surface area contributed by atoms with Gasteiger partial charge < -0.3 is 15.1 Å². The van der Waals surface area contributed by atoms with Gasteiger partial charge in [-0.1, -0.05) is 36.4 Å². The summed E-state index contributed by atoms with van der Waals surface area (Å²) in [5.74, 6) is -0.465. The Balaban J connectivity index is 1.67. The molecular weight excluding hydrogens is 398 g/mol. The first kappa shape index (κ1) is 21.9. The number of anilines is 1. The third kappa shape index (κ3) is 5.02. The Kier molecular flexibility index (Phi) is 7.15. The topological polar surface area (TPSA) is 69.7 Å². The predicted molar refractivity (Wildman–Crippen MR) is 119 cm³/mol. The average molecular weight is 426 g/mol. The van der Waals surface area contributed by atoms with Gasteiger partial charge in [-0.3, -0.25) is 14.4 Å². The highest BCUT2D eigenvalue weighted by atomic mass is 32.2. The van der Waals surface area contributed by atoms with Crippen LogP contribution in [0.2, 0.25) is 0 Å². The second-order valence-electron chi connectivity index (χ2n) is 7.38. The zero-order valence-electron chi connectivity index (χ0n) is 17.6. The number of carbonyl (C=O) groups is 3. The molecule has 0 aliphatic carbocycles. The lowest BCUT2D eigenvalue weighted by Crippen LogP contribution is -2.42. The minimum absolute atomic E-state index is 0.0450. The Morgan fingerprint density at radius 3 is 2.57 bits per heavy atom. The maximum Gasteiger partial charge on any atom is 0.244 e. The molecule has 1 heterocycles. The first-order chi connectivity index (χ1) is 14.4. The highest BCUT2D eigenvalue weighted by Gasteiger charge is 2.31. The van der Waals surface area contributed by atoms with Gasteiger partial charge in [-0.15, -0.1) is 11.8 Å². The minimum atomic E-state index is -0.303. The number of nitrogens with zero attached hydrogens (tertiary/aromatic N) is 2. The summed E-state index contributed by atoms with van der Waals surface area (Å²) in [7, 11) is 1.62. The van der Waals surface area contributed by atoms with Gasteiger partial charge >= 0.3 is 0 Å². The van der Waals surface area contributed by atoms with Crippen molar-refractivity contribution < 1.29 is 14.4 Å². The molecule has 1 N–H and O–H groups in total. The Hall–Kier alpha value is -2.80. The number of benzene rings is 2. The van der Waals surface area contributed by atoms with E-state index >= 15 is 0 Å². The standard InChI is InChI=1S/C23H27N3O3S/c1-16(27)26-13-12-17-8-4-5-9-18(17)20(26)14-23(29)25(2)15-22(28)24-19-10-6-7-11-21(19)30-3/h4-11,20H,12-15H2,1-3H3,(H,24,28). The van der Waals surface area contributed by atoms with Crippen LogP contribution in [0, 0.1) is 0 Å². The van der Waals surface area contributed by atoms with E-state index < -0.39 is 0 Å². The summed E-state index contributed by atoms with van der Waals surface area (Å²) in [5.41, 5.74) is 2.92. The highest BCUT2D eigenvalue weighted by molar-refractivity contribution is 7.98. The van der Waals surface area contributed by atoms with E-state index in [1.54, 1.807) is 23.7 Å². The van der Waals surface area contributed by atoms with E-state index in [4.69, 9.17) is 0 Å². The van der Waals surface area contributed by atoms with Gasteiger partial charge in [-0.2, -0.15) is 0 Å². The number of para-hydroxylation sites is 1. The van der Waals surface area contributed by atoms with Gasteiger partial charge in [0.2, 0.25) is 17.7 Å². The van der Waals surface area contributed by atoms with E-state index in [2.05, 4.69) is 5.32 Å². The molecule has 0 fully saturated rings. The smallest absolute Gasteiger partial charge is 0.244 e. The number of hydrogen-bond donors (Lipinski definition) is 1. The normalized spacial score (nSPS) is 15.3. The first-order valence-electron chi connectivity index (χ1n) is 9.92. The van der Waals surface area contributed by atoms with Crippen molar-refractivity contribution in [3.63, 3.8) is 0 Å². The monoisotopic (exact) mass is 425 g/mol. The SMILES string of the molecule is CSc1ccccc1NC(=O)CN(C)C(=O)CC1c2ccccc2CCN1C(C)=O. The molecule has 3 rings (SSSR count). The van der Waals surface area contributed by atoms with E-state index in [-0.39, 0.29) is 36.7 Å². The lowest BCUT2D eigenvalue weighted by molar-refractivity contribution is -0.137. The van der Waals surface area contributed by atoms with Gasteiger partial charge in [0.05, 0.1) is 24.7 Å². The average Bonchev–Trinajstić information content (AvgIpc) is 2.73. The van der Waals surface area contributed by atoms with Gasteiger partial charge in [-0.25, -0.2) is 0 Å². The summed E-state index contributed by atoms with van der Waals surface area (Å²) >= 11 is 1.55. The van der Waals surface area contributed by atoms with Crippen molar-refractivity contribution in [1.29, 1.82) is 0 Å². The van der Waals surface area contributed by atoms with Gasteiger partial charge in [0.25, 0.3) is 0 Å². The molecule has 2 aromatic rings. The van der Waals surface area contributed by atoms with Gasteiger partial charge in [0.1, 0.15) is 0 Å². The van der Waals surface area contributed by atoms with Crippen LogP contribution in [0.3, 0.4) is 0 Å². The fraction of sp³-hybridized carbons (Fsp3) is 0.348. The summed E-state index contributed by atoms with van der Waals surface area (Å²) in [4.78, 5) is 41.7. The molecule has 0 spiro atoms. The summed E-state index contributed by atoms with van der Waals surface area (Å²) in [6.07, 6.45) is 2.89. The van der Waals surface area contributed by atoms with Crippen LogP contribution in [-0.4, -0.2) is 53.9 Å². The van der Waals surface area contributed by atoms with Crippen LogP contribution in [0.25, 0.3) is 0 Å². The molecule has 3 amide bonds. The zero-order valence-corrected chi connectivity index (χ0v) is 18.4. The molecular formula is C23H27N3O3S. The van der Waals surface area contributed by atoms with E-state index in [0.29, 0.717) is 6.54 Å². The molecule has 2 aromatic carbocycles. The summed E-state index contributed by atoms with van der Waals surface area (Å²) < 4.78 is 0. The Labute approximate surface area is 181 Å². The molecule has 1 aliphatic rings. The molecule has 0 saturated carbocycles. The van der Waals surface area contributed by atoms with E-state index in [1.165, 1.54) is 17.4 Å². The quantitative estimate of drug-likeness (QED) is 0.721. The van der Waals surface area contributed by atoms with Gasteiger partial charge in [0, 0.05) is 25.4 Å². The lowest BCUT2D eigenvalue weighted by atomic mass is 9.90. The van der Waals surface area contributed by atoms with E-state index in [9.17, 15) is 14.4 Å². The van der Waals surface area contributed by atoms with Crippen molar-refractivity contribution in [2.24, 2.45) is 0 Å². The van der Waals surface area contributed by atoms with Gasteiger partial charge in [-0.05, 0) is 35.9 Å². The number of rotatable bonds is 6. The second kappa shape index (κ2) is 9.80. The zero-order chi connectivity index (χ0) is 21.7. The number of fused-ring (bicyclic) bond motifs is 1. The maximum atomic E-state index is 12.9. The lowest BCUT2D eigenvalue weighted by Gasteiger charge is -2.37. The van der Waals surface area contributed by atoms with E-state index in [0.717, 1.165) is 22.6 Å². The summed E-state index contributed by atoms with van der Waals surface area (Å²) in [6, 6.07) is 15.2. The summed E-state index contributed by atoms with van der Waals surface area (Å²) in [6.45, 7) is 2.09. The molecule has 30 heavy (non-hydrogen) atoms. The van der Waals surface area contributed by atoms with Crippen LogP contribution < -0.4 is 5.32 Å². The highest BCUT2D eigenvalue weighted by Crippen LogP contribution is 2.32. The van der Waals surface area contributed by atoms with Crippen molar-refractivity contribution in [2.75, 3.05) is 31.7 Å². The largest absolute Gasteiger partial charge is 0.336 e. The van der Waals surface area contributed by atoms with Crippen molar-refractivity contribution in [3.05, 3.63) is 59.7 Å². The number of thioether (sulfide) groups is 1. The van der Waals surface area contributed by atoms with Crippen molar-refractivity contribution in [2.45, 2.75) is 30.7 Å². The molecule has 7 heteroatoms. The minimum Gasteiger partial charge on any atom is -0.336 e. The fourth-order valence-electron chi connectivity index (χ4n) is 3.81. The van der Waals surface area contributed by atoms with Crippen molar-refractivity contribution in [3.8, 4) is 0 Å².